The number of esters is 1. The predicted molar refractivity (Wildman–Crippen MR) is 92.0 cm³/mol. The van der Waals surface area contributed by atoms with E-state index in [-0.39, 0.29) is 11.5 Å². The van der Waals surface area contributed by atoms with Crippen LogP contribution in [-0.2, 0) is 19.1 Å². The van der Waals surface area contributed by atoms with Gasteiger partial charge >= 0.3 is 5.97 Å². The average Bonchev–Trinajstić information content (AvgIpc) is 2.59. The third-order valence-electron chi connectivity index (χ3n) is 3.18. The molecule has 0 bridgehead atoms. The maximum atomic E-state index is 11.9. The number of amides is 2. The van der Waals surface area contributed by atoms with Crippen molar-refractivity contribution in [3.63, 3.8) is 0 Å². The van der Waals surface area contributed by atoms with Gasteiger partial charge in [0, 0.05) is 6.54 Å². The Morgan fingerprint density at radius 2 is 1.92 bits per heavy atom. The molecule has 1 atom stereocenters. The summed E-state index contributed by atoms with van der Waals surface area (Å²) in [6, 6.07) is 8.24. The van der Waals surface area contributed by atoms with Crippen LogP contribution in [0.1, 0.15) is 25.0 Å². The van der Waals surface area contributed by atoms with Crippen molar-refractivity contribution in [3.05, 3.63) is 41.0 Å². The van der Waals surface area contributed by atoms with Crippen LogP contribution >= 0.6 is 0 Å². The van der Waals surface area contributed by atoms with Gasteiger partial charge in [0.05, 0.1) is 0 Å². The molecule has 0 unspecified atom stereocenters. The van der Waals surface area contributed by atoms with Crippen molar-refractivity contribution in [2.45, 2.75) is 26.8 Å². The van der Waals surface area contributed by atoms with Crippen molar-refractivity contribution < 1.29 is 19.1 Å². The van der Waals surface area contributed by atoms with E-state index in [9.17, 15) is 14.4 Å². The normalized spacial score (nSPS) is 11.8. The number of hydrogen-bond donors (Lipinski definition) is 2. The smallest absolute Gasteiger partial charge is 0.349 e. The summed E-state index contributed by atoms with van der Waals surface area (Å²) in [4.78, 5) is 35.1. The molecule has 7 nitrogen and oxygen atoms in total. The van der Waals surface area contributed by atoms with Gasteiger partial charge in [-0.15, -0.1) is 0 Å². The zero-order valence-electron chi connectivity index (χ0n) is 14.5. The molecule has 0 aromatic heterocycles. The number of carbonyl (C=O) groups excluding carboxylic acids is 3. The molecule has 0 aliphatic carbocycles. The summed E-state index contributed by atoms with van der Waals surface area (Å²) in [6.07, 6.45) is 1.39. The number of nitriles is 1. The minimum atomic E-state index is -0.899. The lowest BCUT2D eigenvalue weighted by atomic mass is 10.1. The highest BCUT2D eigenvalue weighted by atomic mass is 16.5. The monoisotopic (exact) mass is 343 g/mol. The Bertz CT molecular complexity index is 702. The van der Waals surface area contributed by atoms with Crippen molar-refractivity contribution in [3.8, 4) is 6.07 Å². The van der Waals surface area contributed by atoms with Crippen LogP contribution in [0.2, 0.25) is 0 Å². The molecular weight excluding hydrogens is 322 g/mol. The maximum absolute atomic E-state index is 11.9. The van der Waals surface area contributed by atoms with E-state index in [1.165, 1.54) is 13.0 Å². The number of ether oxygens (including phenoxy) is 1. The van der Waals surface area contributed by atoms with E-state index in [2.05, 4.69) is 10.6 Å². The van der Waals surface area contributed by atoms with Gasteiger partial charge in [-0.25, -0.2) is 4.79 Å². The van der Waals surface area contributed by atoms with Crippen LogP contribution in [0.4, 0.5) is 0 Å². The van der Waals surface area contributed by atoms with Crippen molar-refractivity contribution in [1.29, 1.82) is 5.26 Å². The number of nitrogens with zero attached hydrogens (tertiary/aromatic N) is 1. The molecule has 0 spiro atoms. The highest BCUT2D eigenvalue weighted by Gasteiger charge is 2.17. The number of benzene rings is 1. The summed E-state index contributed by atoms with van der Waals surface area (Å²) in [6.45, 7) is 5.08. The second-order valence-corrected chi connectivity index (χ2v) is 5.34. The first-order valence-corrected chi connectivity index (χ1v) is 7.80. The molecule has 1 aromatic carbocycles. The molecule has 1 rings (SSSR count). The summed E-state index contributed by atoms with van der Waals surface area (Å²) in [7, 11) is 0. The van der Waals surface area contributed by atoms with Gasteiger partial charge in [0.1, 0.15) is 17.7 Å². The molecule has 132 valence electrons. The summed E-state index contributed by atoms with van der Waals surface area (Å²) < 4.78 is 4.82. The van der Waals surface area contributed by atoms with E-state index in [4.69, 9.17) is 10.00 Å². The first kappa shape index (κ1) is 19.9. The largest absolute Gasteiger partial charge is 0.451 e. The zero-order valence-corrected chi connectivity index (χ0v) is 14.5. The van der Waals surface area contributed by atoms with Gasteiger partial charge in [-0.1, -0.05) is 29.8 Å². The standard InChI is InChI=1S/C18H21N3O4/c1-4-20-17(23)13(3)21-16(22)11-25-18(24)15(10-19)9-14-7-5-12(2)6-8-14/h5-9,13H,4,11H2,1-3H3,(H,20,23)(H,21,22)/b15-9+/t13-/m0/s1. The topological polar surface area (TPSA) is 108 Å². The summed E-state index contributed by atoms with van der Waals surface area (Å²) in [5, 5.41) is 14.0. The first-order chi connectivity index (χ1) is 11.9. The molecular formula is C18H21N3O4. The van der Waals surface area contributed by atoms with Gasteiger partial charge in [-0.2, -0.15) is 5.26 Å². The SMILES string of the molecule is CCNC(=O)[C@H](C)NC(=O)COC(=O)/C(C#N)=C/c1ccc(C)cc1. The molecule has 0 saturated heterocycles. The molecule has 25 heavy (non-hydrogen) atoms. The lowest BCUT2D eigenvalue weighted by Crippen LogP contribution is -2.46. The Kier molecular flexibility index (Phi) is 7.87. The van der Waals surface area contributed by atoms with Crippen LogP contribution in [0, 0.1) is 18.3 Å². The van der Waals surface area contributed by atoms with Crippen molar-refractivity contribution in [2.24, 2.45) is 0 Å². The fraction of sp³-hybridized carbons (Fsp3) is 0.333. The third kappa shape index (κ3) is 6.87. The Morgan fingerprint density at radius 1 is 1.28 bits per heavy atom. The van der Waals surface area contributed by atoms with Crippen LogP contribution in [0.5, 0.6) is 0 Å². The van der Waals surface area contributed by atoms with E-state index in [0.29, 0.717) is 12.1 Å². The predicted octanol–water partition coefficient (Wildman–Crippen LogP) is 1.09. The molecule has 2 N–H and O–H groups in total. The van der Waals surface area contributed by atoms with Gasteiger partial charge in [-0.3, -0.25) is 9.59 Å². The van der Waals surface area contributed by atoms with Crippen molar-refractivity contribution >= 4 is 23.9 Å². The highest BCUT2D eigenvalue weighted by molar-refractivity contribution is 5.99. The van der Waals surface area contributed by atoms with E-state index in [1.807, 2.05) is 19.1 Å². The first-order valence-electron chi connectivity index (χ1n) is 7.80. The van der Waals surface area contributed by atoms with E-state index in [1.54, 1.807) is 25.1 Å². The molecule has 1 aromatic rings. The fourth-order valence-corrected chi connectivity index (χ4v) is 1.85. The van der Waals surface area contributed by atoms with Crippen LogP contribution in [0.15, 0.2) is 29.8 Å². The van der Waals surface area contributed by atoms with E-state index < -0.39 is 24.5 Å². The molecule has 0 saturated carbocycles. The van der Waals surface area contributed by atoms with Crippen LogP contribution in [0.3, 0.4) is 0 Å². The maximum Gasteiger partial charge on any atom is 0.349 e. The second kappa shape index (κ2) is 9.88. The van der Waals surface area contributed by atoms with E-state index in [0.717, 1.165) is 5.56 Å². The molecule has 2 amide bonds. The molecule has 7 heteroatoms. The number of nitrogens with one attached hydrogen (secondary N) is 2. The average molecular weight is 343 g/mol. The zero-order chi connectivity index (χ0) is 18.8. The lowest BCUT2D eigenvalue weighted by Gasteiger charge is -2.13. The number of carbonyl (C=O) groups is 3. The Balaban J connectivity index is 2.59. The minimum absolute atomic E-state index is 0.214. The summed E-state index contributed by atoms with van der Waals surface area (Å²) in [5.74, 6) is -1.86. The third-order valence-corrected chi connectivity index (χ3v) is 3.18. The minimum Gasteiger partial charge on any atom is -0.451 e. The van der Waals surface area contributed by atoms with Crippen molar-refractivity contribution in [2.75, 3.05) is 13.2 Å². The van der Waals surface area contributed by atoms with Crippen LogP contribution in [-0.4, -0.2) is 37.0 Å². The van der Waals surface area contributed by atoms with Gasteiger partial charge in [-0.05, 0) is 32.4 Å². The fourth-order valence-electron chi connectivity index (χ4n) is 1.85. The Labute approximate surface area is 146 Å². The lowest BCUT2D eigenvalue weighted by molar-refractivity contribution is -0.144. The van der Waals surface area contributed by atoms with Gasteiger partial charge in [0.25, 0.3) is 5.91 Å². The molecule has 0 aliphatic heterocycles. The summed E-state index contributed by atoms with van der Waals surface area (Å²) in [5.41, 5.74) is 1.51. The number of aryl methyl sites for hydroxylation is 1. The number of likely N-dealkylation sites (N-methyl/N-ethyl adjacent to an activating group) is 1. The van der Waals surface area contributed by atoms with Crippen LogP contribution < -0.4 is 10.6 Å². The molecule has 0 fully saturated rings. The Hall–Kier alpha value is -3.14. The van der Waals surface area contributed by atoms with E-state index >= 15 is 0 Å². The Morgan fingerprint density at radius 3 is 2.48 bits per heavy atom. The molecule has 0 heterocycles. The second-order valence-electron chi connectivity index (χ2n) is 5.34. The molecule has 0 aliphatic rings. The van der Waals surface area contributed by atoms with Crippen molar-refractivity contribution in [1.82, 2.24) is 10.6 Å². The number of hydrogen-bond acceptors (Lipinski definition) is 5. The van der Waals surface area contributed by atoms with Gasteiger partial charge in [0.15, 0.2) is 6.61 Å². The summed E-state index contributed by atoms with van der Waals surface area (Å²) >= 11 is 0. The molecule has 0 radical (unpaired) electrons. The van der Waals surface area contributed by atoms with Crippen LogP contribution in [0.25, 0.3) is 6.08 Å². The number of rotatable bonds is 7. The quantitative estimate of drug-likeness (QED) is 0.438. The van der Waals surface area contributed by atoms with Gasteiger partial charge < -0.3 is 15.4 Å². The highest BCUT2D eigenvalue weighted by Crippen LogP contribution is 2.09. The van der Waals surface area contributed by atoms with Gasteiger partial charge in [0.2, 0.25) is 5.91 Å².